The molecule has 8 heteroatoms. The molecule has 1 saturated heterocycles. The number of fused-ring (bicyclic) bond motifs is 2. The fourth-order valence-corrected chi connectivity index (χ4v) is 5.26. The van der Waals surface area contributed by atoms with E-state index in [4.69, 9.17) is 16.6 Å². The van der Waals surface area contributed by atoms with Crippen LogP contribution in [-0.2, 0) is 11.3 Å². The van der Waals surface area contributed by atoms with E-state index in [0.717, 1.165) is 31.0 Å². The Morgan fingerprint density at radius 1 is 1.10 bits per heavy atom. The summed E-state index contributed by atoms with van der Waals surface area (Å²) >= 11 is 5.98. The van der Waals surface area contributed by atoms with E-state index in [2.05, 4.69) is 9.48 Å². The van der Waals surface area contributed by atoms with Crippen molar-refractivity contribution in [1.82, 2.24) is 14.7 Å². The highest BCUT2D eigenvalue weighted by Gasteiger charge is 2.54. The summed E-state index contributed by atoms with van der Waals surface area (Å²) in [5.41, 5.74) is 0.875. The fraction of sp³-hybridized carbons (Fsp3) is 0.545. The van der Waals surface area contributed by atoms with Crippen LogP contribution in [0.3, 0.4) is 0 Å². The highest BCUT2D eigenvalue weighted by atomic mass is 35.5. The number of hydrogen-bond donors (Lipinski definition) is 0. The molecule has 1 aliphatic carbocycles. The summed E-state index contributed by atoms with van der Waals surface area (Å²) in [6.45, 7) is 2.00. The zero-order chi connectivity index (χ0) is 20.8. The van der Waals surface area contributed by atoms with Crippen molar-refractivity contribution >= 4 is 35.3 Å². The number of hydrogen-bond acceptors (Lipinski definition) is 4. The van der Waals surface area contributed by atoms with Crippen LogP contribution in [0.15, 0.2) is 29.3 Å². The summed E-state index contributed by atoms with van der Waals surface area (Å²) in [5, 5.41) is 0.632. The molecule has 7 nitrogen and oxygen atoms in total. The van der Waals surface area contributed by atoms with Gasteiger partial charge in [0.05, 0.1) is 25.7 Å². The summed E-state index contributed by atoms with van der Waals surface area (Å²) in [6.07, 6.45) is 7.16. The van der Waals surface area contributed by atoms with E-state index in [1.165, 1.54) is 37.0 Å². The van der Waals surface area contributed by atoms with E-state index >= 15 is 0 Å². The van der Waals surface area contributed by atoms with Crippen LogP contribution in [0, 0.1) is 0 Å². The lowest BCUT2D eigenvalue weighted by Gasteiger charge is -2.36. The molecule has 0 radical (unpaired) electrons. The maximum atomic E-state index is 13.5. The molecule has 3 aliphatic heterocycles. The second-order valence-electron chi connectivity index (χ2n) is 8.60. The number of amides is 3. The molecule has 0 N–H and O–H groups in total. The largest absolute Gasteiger partial charge is 0.392 e. The molecule has 5 rings (SSSR count). The minimum atomic E-state index is -0.513. The number of benzene rings is 1. The number of carbonyl (C=O) groups is 2. The predicted molar refractivity (Wildman–Crippen MR) is 115 cm³/mol. The molecule has 1 aromatic carbocycles. The van der Waals surface area contributed by atoms with E-state index in [1.54, 1.807) is 24.1 Å². The van der Waals surface area contributed by atoms with Crippen LogP contribution in [0.2, 0.25) is 5.02 Å². The van der Waals surface area contributed by atoms with Crippen LogP contribution in [0.1, 0.15) is 44.1 Å². The van der Waals surface area contributed by atoms with Gasteiger partial charge in [-0.05, 0) is 30.5 Å². The van der Waals surface area contributed by atoms with E-state index in [0.29, 0.717) is 16.9 Å². The van der Waals surface area contributed by atoms with Crippen molar-refractivity contribution in [3.63, 3.8) is 0 Å². The molecule has 3 amide bonds. The zero-order valence-corrected chi connectivity index (χ0v) is 18.0. The van der Waals surface area contributed by atoms with Gasteiger partial charge in [-0.3, -0.25) is 19.5 Å². The van der Waals surface area contributed by atoms with Gasteiger partial charge in [0.15, 0.2) is 0 Å². The Kier molecular flexibility index (Phi) is 5.01. The van der Waals surface area contributed by atoms with Crippen LogP contribution < -0.4 is 0 Å². The number of rotatable bonds is 3. The Morgan fingerprint density at radius 3 is 2.57 bits per heavy atom. The number of imide groups is 1. The molecule has 2 fully saturated rings. The van der Waals surface area contributed by atoms with Gasteiger partial charge in [-0.15, -0.1) is 0 Å². The Balaban J connectivity index is 1.45. The van der Waals surface area contributed by atoms with Crippen LogP contribution in [-0.4, -0.2) is 75.2 Å². The number of carbonyl (C=O) groups excluding carboxylic acids is 2. The Labute approximate surface area is 181 Å². The molecule has 4 aliphatic rings. The molecule has 158 valence electrons. The molecule has 1 unspecified atom stereocenters. The van der Waals surface area contributed by atoms with Crippen molar-refractivity contribution in [3.8, 4) is 0 Å². The van der Waals surface area contributed by atoms with Crippen LogP contribution in [0.4, 0.5) is 4.79 Å². The van der Waals surface area contributed by atoms with Gasteiger partial charge >= 0.3 is 12.0 Å². The minimum Gasteiger partial charge on any atom is -0.270 e. The zero-order valence-electron chi connectivity index (χ0n) is 17.3. The van der Waals surface area contributed by atoms with Crippen LogP contribution in [0.5, 0.6) is 0 Å². The first-order chi connectivity index (χ1) is 14.5. The summed E-state index contributed by atoms with van der Waals surface area (Å²) in [7, 11) is 1.72. The first kappa shape index (κ1) is 19.5. The lowest BCUT2D eigenvalue weighted by atomic mass is 9.94. The van der Waals surface area contributed by atoms with Gasteiger partial charge in [0.1, 0.15) is 0 Å². The normalized spacial score (nSPS) is 24.9. The molecule has 1 aromatic rings. The lowest BCUT2D eigenvalue weighted by molar-refractivity contribution is -0.546. The standard InChI is InChI=1S/C22H27ClN5O2/c1-25-19-18(20(29)28(22(25)30)14-15-8-10-16(23)11-9-15)27-13-5-12-26(21(27)24-19)17-6-3-2-4-7-17/h8-11,17-18H,2-7,12-14H2,1H3/q+1. The smallest absolute Gasteiger partial charge is 0.270 e. The van der Waals surface area contributed by atoms with Gasteiger partial charge in [0.2, 0.25) is 11.9 Å². The summed E-state index contributed by atoms with van der Waals surface area (Å²) < 4.78 is 2.12. The average Bonchev–Trinajstić information content (AvgIpc) is 3.17. The number of nitrogens with zero attached hydrogens (tertiary/aromatic N) is 5. The predicted octanol–water partition coefficient (Wildman–Crippen LogP) is 2.92. The number of urea groups is 1. The SMILES string of the molecule is CN1C(=O)N(Cc2ccc(Cl)cc2)C(=O)C2C1=NC1=[N+]2CCCN1C1CCCCC1. The summed E-state index contributed by atoms with van der Waals surface area (Å²) in [6, 6.07) is 6.91. The number of guanidine groups is 1. The van der Waals surface area contributed by atoms with Gasteiger partial charge in [0.25, 0.3) is 5.91 Å². The molecular formula is C22H27ClN5O2+. The topological polar surface area (TPSA) is 59.2 Å². The van der Waals surface area contributed by atoms with Crippen molar-refractivity contribution in [3.05, 3.63) is 34.9 Å². The molecule has 3 heterocycles. The summed E-state index contributed by atoms with van der Waals surface area (Å²) in [4.78, 5) is 36.6. The van der Waals surface area contributed by atoms with Crippen molar-refractivity contribution in [2.45, 2.75) is 57.2 Å². The molecule has 0 aromatic heterocycles. The van der Waals surface area contributed by atoms with E-state index in [-0.39, 0.29) is 18.5 Å². The maximum absolute atomic E-state index is 13.5. The molecular weight excluding hydrogens is 402 g/mol. The first-order valence-corrected chi connectivity index (χ1v) is 11.2. The summed E-state index contributed by atoms with van der Waals surface area (Å²) in [5.74, 6) is 1.26. The maximum Gasteiger partial charge on any atom is 0.392 e. The third-order valence-corrected chi connectivity index (χ3v) is 6.97. The quantitative estimate of drug-likeness (QED) is 0.695. The molecule has 0 bridgehead atoms. The van der Waals surface area contributed by atoms with Crippen LogP contribution in [0.25, 0.3) is 0 Å². The molecule has 0 spiro atoms. The number of amidine groups is 1. The van der Waals surface area contributed by atoms with Gasteiger partial charge in [-0.2, -0.15) is 0 Å². The third kappa shape index (κ3) is 3.20. The highest BCUT2D eigenvalue weighted by Crippen LogP contribution is 2.29. The van der Waals surface area contributed by atoms with E-state index < -0.39 is 6.04 Å². The van der Waals surface area contributed by atoms with Crippen LogP contribution >= 0.6 is 11.6 Å². The molecule has 30 heavy (non-hydrogen) atoms. The van der Waals surface area contributed by atoms with Crippen molar-refractivity contribution in [2.24, 2.45) is 4.99 Å². The van der Waals surface area contributed by atoms with Crippen molar-refractivity contribution in [2.75, 3.05) is 20.1 Å². The lowest BCUT2D eigenvalue weighted by Crippen LogP contribution is -2.63. The Morgan fingerprint density at radius 2 is 1.83 bits per heavy atom. The van der Waals surface area contributed by atoms with E-state index in [1.807, 2.05) is 12.1 Å². The monoisotopic (exact) mass is 428 g/mol. The fourth-order valence-electron chi connectivity index (χ4n) is 5.13. The van der Waals surface area contributed by atoms with Crippen molar-refractivity contribution in [1.29, 1.82) is 0 Å². The average molecular weight is 429 g/mol. The van der Waals surface area contributed by atoms with Crippen molar-refractivity contribution < 1.29 is 14.2 Å². The van der Waals surface area contributed by atoms with E-state index in [9.17, 15) is 9.59 Å². The minimum absolute atomic E-state index is 0.188. The second-order valence-corrected chi connectivity index (χ2v) is 9.03. The molecule has 1 saturated carbocycles. The van der Waals surface area contributed by atoms with Gasteiger partial charge in [-0.25, -0.2) is 9.37 Å². The number of aliphatic imine (C=N–C) groups is 1. The third-order valence-electron chi connectivity index (χ3n) is 6.71. The Hall–Kier alpha value is -2.41. The number of halogens is 1. The Bertz CT molecular complexity index is 935. The van der Waals surface area contributed by atoms with Gasteiger partial charge in [-0.1, -0.05) is 48.0 Å². The number of likely N-dealkylation sites (N-methyl/N-ethyl adjacent to an activating group) is 1. The highest BCUT2D eigenvalue weighted by molar-refractivity contribution is 6.30. The second kappa shape index (κ2) is 7.69. The van der Waals surface area contributed by atoms with Gasteiger partial charge in [0, 0.05) is 18.5 Å². The molecule has 1 atom stereocenters. The first-order valence-electron chi connectivity index (χ1n) is 10.9. The van der Waals surface area contributed by atoms with Gasteiger partial charge < -0.3 is 0 Å².